The highest BCUT2D eigenvalue weighted by atomic mass is 16.6. The number of hydrogen-bond acceptors (Lipinski definition) is 6. The average Bonchev–Trinajstić information content (AvgIpc) is 3.19. The van der Waals surface area contributed by atoms with Gasteiger partial charge in [0, 0.05) is 19.3 Å². The molecule has 320 valence electrons. The van der Waals surface area contributed by atoms with Gasteiger partial charge in [0.2, 0.25) is 0 Å². The molecule has 0 amide bonds. The first-order chi connectivity index (χ1) is 27.5. The van der Waals surface area contributed by atoms with E-state index in [0.717, 1.165) is 96.3 Å². The molecule has 0 saturated heterocycles. The molecule has 0 aliphatic heterocycles. The van der Waals surface area contributed by atoms with Crippen LogP contribution in [0.4, 0.5) is 0 Å². The van der Waals surface area contributed by atoms with E-state index in [1.54, 1.807) is 0 Å². The van der Waals surface area contributed by atoms with Crippen molar-refractivity contribution in [3.63, 3.8) is 0 Å². The fourth-order valence-corrected chi connectivity index (χ4v) is 5.96. The Morgan fingerprint density at radius 3 is 1.23 bits per heavy atom. The van der Waals surface area contributed by atoms with Crippen LogP contribution in [0, 0.1) is 0 Å². The summed E-state index contributed by atoms with van der Waals surface area (Å²) in [6, 6.07) is 0. The fourth-order valence-electron chi connectivity index (χ4n) is 5.96. The van der Waals surface area contributed by atoms with E-state index in [1.807, 2.05) is 6.08 Å². The first-order valence-electron chi connectivity index (χ1n) is 22.9. The first kappa shape index (κ1) is 52.9. The third-order valence-corrected chi connectivity index (χ3v) is 9.43. The lowest BCUT2D eigenvalue weighted by atomic mass is 10.1. The number of hydrogen-bond donors (Lipinski definition) is 0. The van der Waals surface area contributed by atoms with Crippen molar-refractivity contribution >= 4 is 17.9 Å². The van der Waals surface area contributed by atoms with Crippen molar-refractivity contribution in [3.05, 3.63) is 72.9 Å². The van der Waals surface area contributed by atoms with Crippen molar-refractivity contribution in [2.75, 3.05) is 13.2 Å². The summed E-state index contributed by atoms with van der Waals surface area (Å²) in [5.74, 6) is -1.02. The molecule has 0 aliphatic rings. The summed E-state index contributed by atoms with van der Waals surface area (Å²) in [7, 11) is 0. The minimum absolute atomic E-state index is 0.110. The molecule has 0 spiro atoms. The molecule has 56 heavy (non-hydrogen) atoms. The Labute approximate surface area is 344 Å². The highest BCUT2D eigenvalue weighted by molar-refractivity contribution is 5.71. The first-order valence-corrected chi connectivity index (χ1v) is 22.9. The van der Waals surface area contributed by atoms with Crippen LogP contribution in [-0.4, -0.2) is 37.2 Å². The lowest BCUT2D eigenvalue weighted by molar-refractivity contribution is -0.166. The second kappa shape index (κ2) is 44.6. The molecule has 0 bridgehead atoms. The van der Waals surface area contributed by atoms with Gasteiger partial charge < -0.3 is 14.2 Å². The quantitative estimate of drug-likeness (QED) is 0.0267. The molecule has 0 N–H and O–H groups in total. The number of allylic oxidation sites excluding steroid dienone is 12. The van der Waals surface area contributed by atoms with Crippen LogP contribution in [0.25, 0.3) is 0 Å². The van der Waals surface area contributed by atoms with Gasteiger partial charge in [-0.2, -0.15) is 0 Å². The van der Waals surface area contributed by atoms with Crippen LogP contribution in [0.1, 0.15) is 207 Å². The van der Waals surface area contributed by atoms with E-state index in [2.05, 4.69) is 87.6 Å². The Balaban J connectivity index is 4.51. The highest BCUT2D eigenvalue weighted by Crippen LogP contribution is 2.12. The number of esters is 3. The zero-order valence-electron chi connectivity index (χ0n) is 36.4. The maximum Gasteiger partial charge on any atom is 0.306 e. The molecule has 6 nitrogen and oxygen atoms in total. The SMILES string of the molecule is CC/C=C\C/C=C\C/C=C\CCCCCCC(=O)OCC(COC(=O)CCCCCCC/C=C\CCCC)OC(=O)CC/C=C\C/C=C\CCCCCCCC. The van der Waals surface area contributed by atoms with Gasteiger partial charge in [-0.15, -0.1) is 0 Å². The molecule has 6 heteroatoms. The Morgan fingerprint density at radius 2 is 0.750 bits per heavy atom. The molecular formula is C50H84O6. The molecule has 0 aromatic heterocycles. The predicted molar refractivity (Wildman–Crippen MR) is 238 cm³/mol. The van der Waals surface area contributed by atoms with Crippen LogP contribution >= 0.6 is 0 Å². The highest BCUT2D eigenvalue weighted by Gasteiger charge is 2.19. The van der Waals surface area contributed by atoms with E-state index in [1.165, 1.54) is 64.2 Å². The predicted octanol–water partition coefficient (Wildman–Crippen LogP) is 14.7. The summed E-state index contributed by atoms with van der Waals surface area (Å²) in [5.41, 5.74) is 0. The van der Waals surface area contributed by atoms with E-state index >= 15 is 0 Å². The van der Waals surface area contributed by atoms with Crippen molar-refractivity contribution in [2.45, 2.75) is 213 Å². The van der Waals surface area contributed by atoms with Crippen molar-refractivity contribution in [1.82, 2.24) is 0 Å². The second-order valence-electron chi connectivity index (χ2n) is 14.9. The summed E-state index contributed by atoms with van der Waals surface area (Å²) >= 11 is 0. The summed E-state index contributed by atoms with van der Waals surface area (Å²) < 4.78 is 16.6. The van der Waals surface area contributed by atoms with Crippen molar-refractivity contribution < 1.29 is 28.6 Å². The lowest BCUT2D eigenvalue weighted by Gasteiger charge is -2.18. The molecule has 0 radical (unpaired) electrons. The van der Waals surface area contributed by atoms with Crippen LogP contribution in [0.15, 0.2) is 72.9 Å². The van der Waals surface area contributed by atoms with Crippen LogP contribution < -0.4 is 0 Å². The summed E-state index contributed by atoms with van der Waals surface area (Å²) in [6.45, 7) is 6.38. The largest absolute Gasteiger partial charge is 0.462 e. The summed E-state index contributed by atoms with van der Waals surface area (Å²) in [6.07, 6.45) is 54.7. The number of carbonyl (C=O) groups is 3. The van der Waals surface area contributed by atoms with Gasteiger partial charge in [0.15, 0.2) is 6.10 Å². The molecule has 0 fully saturated rings. The van der Waals surface area contributed by atoms with Gasteiger partial charge in [0.25, 0.3) is 0 Å². The van der Waals surface area contributed by atoms with Gasteiger partial charge in [-0.3, -0.25) is 14.4 Å². The van der Waals surface area contributed by atoms with Crippen molar-refractivity contribution in [2.24, 2.45) is 0 Å². The second-order valence-corrected chi connectivity index (χ2v) is 14.9. The molecule has 0 aromatic rings. The minimum atomic E-state index is -0.816. The van der Waals surface area contributed by atoms with E-state index in [-0.39, 0.29) is 37.5 Å². The normalized spacial score (nSPS) is 12.7. The standard InChI is InChI=1S/C50H84O6/c1-4-7-10-13-16-19-22-24-26-28-31-34-37-40-43-49(52)55-46-47(45-54-48(51)42-39-36-33-30-27-21-18-15-12-9-6-3)56-50(53)44-41-38-35-32-29-25-23-20-17-14-11-8-5-2/h7,10,15-16,18-19,24-26,29,35,38,47H,4-6,8-9,11-14,17,20-23,27-28,30-34,36-37,39-46H2,1-3H3/b10-7-,18-15-,19-16-,26-24-,29-25-,38-35-. The van der Waals surface area contributed by atoms with Crippen LogP contribution in [0.2, 0.25) is 0 Å². The van der Waals surface area contributed by atoms with Crippen molar-refractivity contribution in [3.8, 4) is 0 Å². The van der Waals surface area contributed by atoms with Gasteiger partial charge in [-0.1, -0.05) is 171 Å². The lowest BCUT2D eigenvalue weighted by Crippen LogP contribution is -2.30. The van der Waals surface area contributed by atoms with Gasteiger partial charge in [0.05, 0.1) is 0 Å². The molecular weight excluding hydrogens is 697 g/mol. The number of unbranched alkanes of at least 4 members (excludes halogenated alkanes) is 17. The molecule has 0 rings (SSSR count). The summed E-state index contributed by atoms with van der Waals surface area (Å²) in [5, 5.41) is 0. The van der Waals surface area contributed by atoms with Gasteiger partial charge in [0.1, 0.15) is 13.2 Å². The summed E-state index contributed by atoms with van der Waals surface area (Å²) in [4.78, 5) is 37.7. The third-order valence-electron chi connectivity index (χ3n) is 9.43. The van der Waals surface area contributed by atoms with Gasteiger partial charge in [-0.05, 0) is 89.9 Å². The van der Waals surface area contributed by atoms with E-state index in [9.17, 15) is 14.4 Å². The Kier molecular flexibility index (Phi) is 42.1. The number of carbonyl (C=O) groups excluding carboxylic acids is 3. The Bertz CT molecular complexity index is 1080. The molecule has 0 aliphatic carbocycles. The molecule has 1 atom stereocenters. The smallest absolute Gasteiger partial charge is 0.306 e. The molecule has 0 saturated carbocycles. The number of ether oxygens (including phenoxy) is 3. The molecule has 1 unspecified atom stereocenters. The maximum absolute atomic E-state index is 12.7. The Morgan fingerprint density at radius 1 is 0.375 bits per heavy atom. The zero-order chi connectivity index (χ0) is 40.8. The van der Waals surface area contributed by atoms with Crippen LogP contribution in [-0.2, 0) is 28.6 Å². The van der Waals surface area contributed by atoms with E-state index < -0.39 is 6.10 Å². The maximum atomic E-state index is 12.7. The molecule has 0 heterocycles. The van der Waals surface area contributed by atoms with E-state index in [4.69, 9.17) is 14.2 Å². The monoisotopic (exact) mass is 781 g/mol. The fraction of sp³-hybridized carbons (Fsp3) is 0.700. The Hall–Kier alpha value is -3.15. The minimum Gasteiger partial charge on any atom is -0.462 e. The van der Waals surface area contributed by atoms with Crippen LogP contribution in [0.5, 0.6) is 0 Å². The molecule has 0 aromatic carbocycles. The topological polar surface area (TPSA) is 78.9 Å². The van der Waals surface area contributed by atoms with Crippen molar-refractivity contribution in [1.29, 1.82) is 0 Å². The third kappa shape index (κ3) is 42.0. The van der Waals surface area contributed by atoms with Gasteiger partial charge >= 0.3 is 17.9 Å². The number of rotatable bonds is 40. The van der Waals surface area contributed by atoms with Crippen LogP contribution in [0.3, 0.4) is 0 Å². The zero-order valence-corrected chi connectivity index (χ0v) is 36.4. The van der Waals surface area contributed by atoms with E-state index in [0.29, 0.717) is 19.3 Å². The average molecular weight is 781 g/mol. The van der Waals surface area contributed by atoms with Gasteiger partial charge in [-0.25, -0.2) is 0 Å².